The number of unbranched alkanes of at least 4 members (excludes halogenated alkanes) is 12. The average molecular weight is 781 g/mol. The van der Waals surface area contributed by atoms with Crippen LogP contribution in [0.5, 0.6) is 23.0 Å². The van der Waals surface area contributed by atoms with Crippen molar-refractivity contribution in [2.24, 2.45) is 0 Å². The molecule has 2 aromatic carbocycles. The fourth-order valence-electron chi connectivity index (χ4n) is 6.12. The molecule has 0 atom stereocenters. The van der Waals surface area contributed by atoms with Crippen LogP contribution < -0.4 is 18.9 Å². The van der Waals surface area contributed by atoms with E-state index in [-0.39, 0.29) is 0 Å². The number of benzene rings is 2. The average Bonchev–Trinajstić information content (AvgIpc) is 3.25. The van der Waals surface area contributed by atoms with Crippen LogP contribution in [0.25, 0.3) is 0 Å². The quantitative estimate of drug-likeness (QED) is 0.0521. The topological polar surface area (TPSA) is 62.7 Å². The highest BCUT2D eigenvalue weighted by molar-refractivity contribution is 5.64. The molecule has 0 aliphatic rings. The lowest BCUT2D eigenvalue weighted by Gasteiger charge is -2.15. The monoisotopic (exact) mass is 780 g/mol. The van der Waals surface area contributed by atoms with Gasteiger partial charge in [0.1, 0.15) is 23.0 Å². The molecule has 0 bridgehead atoms. The van der Waals surface area contributed by atoms with Crippen molar-refractivity contribution in [2.45, 2.75) is 130 Å². The Kier molecular flexibility index (Phi) is 22.0. The van der Waals surface area contributed by atoms with Crippen LogP contribution in [-0.4, -0.2) is 36.4 Å². The van der Waals surface area contributed by atoms with Crippen LogP contribution in [0.4, 0.5) is 0 Å². The number of hydrogen-bond donors (Lipinski definition) is 0. The van der Waals surface area contributed by atoms with E-state index in [1.165, 1.54) is 38.5 Å². The second-order valence-electron chi connectivity index (χ2n) is 14.5. The van der Waals surface area contributed by atoms with Gasteiger partial charge in [0.15, 0.2) is 0 Å². The molecule has 0 radical (unpaired) electrons. The molecule has 0 unspecified atom stereocenters. The Balaban J connectivity index is 1.81. The fraction of sp³-hybridized carbons (Fsp3) is 0.462. The molecule has 0 saturated heterocycles. The summed E-state index contributed by atoms with van der Waals surface area (Å²) in [5.41, 5.74) is 4.79. The smallest absolute Gasteiger partial charge is 0.136 e. The Labute approximate surface area is 349 Å². The van der Waals surface area contributed by atoms with Gasteiger partial charge in [-0.15, -0.1) is 0 Å². The Morgan fingerprint density at radius 3 is 0.862 bits per heavy atom. The van der Waals surface area contributed by atoms with Crippen LogP contribution >= 0.6 is 0 Å². The summed E-state index contributed by atoms with van der Waals surface area (Å²) in [6.07, 6.45) is 24.7. The summed E-state index contributed by atoms with van der Waals surface area (Å²) in [4.78, 5) is 8.29. The molecule has 4 rings (SSSR count). The van der Waals surface area contributed by atoms with Crippen molar-refractivity contribution in [2.75, 3.05) is 26.4 Å². The summed E-state index contributed by atoms with van der Waals surface area (Å²) in [5, 5.41) is 0. The number of nitrogens with zero attached hydrogens (tertiary/aromatic N) is 2. The van der Waals surface area contributed by atoms with E-state index >= 15 is 0 Å². The van der Waals surface area contributed by atoms with Gasteiger partial charge in [0.25, 0.3) is 0 Å². The number of aromatic nitrogens is 2. The van der Waals surface area contributed by atoms with Gasteiger partial charge in [-0.25, -0.2) is 0 Å². The molecule has 4 aromatic rings. The third kappa shape index (κ3) is 17.0. The van der Waals surface area contributed by atoms with Crippen LogP contribution in [0.3, 0.4) is 0 Å². The highest BCUT2D eigenvalue weighted by Gasteiger charge is 2.14. The van der Waals surface area contributed by atoms with Crippen molar-refractivity contribution in [3.8, 4) is 58.5 Å². The number of pyridine rings is 2. The van der Waals surface area contributed by atoms with Crippen LogP contribution in [0.2, 0.25) is 0 Å². The molecule has 0 saturated carbocycles. The van der Waals surface area contributed by atoms with Crippen molar-refractivity contribution in [3.63, 3.8) is 0 Å². The van der Waals surface area contributed by atoms with E-state index in [9.17, 15) is 0 Å². The van der Waals surface area contributed by atoms with E-state index in [0.29, 0.717) is 49.4 Å². The fourth-order valence-corrected chi connectivity index (χ4v) is 6.12. The van der Waals surface area contributed by atoms with Gasteiger partial charge >= 0.3 is 0 Å². The van der Waals surface area contributed by atoms with Gasteiger partial charge in [-0.05, 0) is 49.9 Å². The molecule has 58 heavy (non-hydrogen) atoms. The summed E-state index contributed by atoms with van der Waals surface area (Å²) >= 11 is 0. The number of rotatable bonds is 24. The Morgan fingerprint density at radius 1 is 0.345 bits per heavy atom. The zero-order chi connectivity index (χ0) is 40.9. The molecule has 2 heterocycles. The largest absolute Gasteiger partial charge is 0.492 e. The molecule has 0 N–H and O–H groups in total. The van der Waals surface area contributed by atoms with E-state index < -0.39 is 0 Å². The highest BCUT2D eigenvalue weighted by Crippen LogP contribution is 2.32. The van der Waals surface area contributed by atoms with E-state index in [2.05, 4.69) is 73.2 Å². The standard InChI is InChI=1S/C52H64N2O4/c1-5-9-13-17-35-55-49-41-47(51(57-37-19-15-11-7-3)39-45(49)23-21-43-27-31-53-32-28-43)25-26-48-42-50(56-36-18-14-10-6-2)46(24-22-44-29-33-54-34-30-44)40-52(48)58-38-20-16-12-8-4/h27-34,39-42H,5-20,35-38H2,1-4H3. The van der Waals surface area contributed by atoms with Crippen molar-refractivity contribution >= 4 is 0 Å². The van der Waals surface area contributed by atoms with Crippen molar-refractivity contribution < 1.29 is 18.9 Å². The van der Waals surface area contributed by atoms with Crippen LogP contribution in [0.1, 0.15) is 164 Å². The minimum absolute atomic E-state index is 0.593. The van der Waals surface area contributed by atoms with Gasteiger partial charge < -0.3 is 18.9 Å². The molecule has 6 heteroatoms. The maximum atomic E-state index is 6.50. The van der Waals surface area contributed by atoms with Gasteiger partial charge in [0.2, 0.25) is 0 Å². The molecule has 0 spiro atoms. The molecule has 0 fully saturated rings. The first kappa shape index (κ1) is 45.3. The Bertz CT molecular complexity index is 1820. The minimum atomic E-state index is 0.593. The zero-order valence-corrected chi connectivity index (χ0v) is 35.6. The van der Waals surface area contributed by atoms with Crippen LogP contribution in [0, 0.1) is 35.5 Å². The van der Waals surface area contributed by atoms with Crippen molar-refractivity contribution in [1.29, 1.82) is 0 Å². The molecule has 306 valence electrons. The van der Waals surface area contributed by atoms with Crippen LogP contribution in [0.15, 0.2) is 73.3 Å². The summed E-state index contributed by atoms with van der Waals surface area (Å²) < 4.78 is 25.9. The van der Waals surface area contributed by atoms with Gasteiger partial charge in [-0.1, -0.05) is 140 Å². The first-order valence-electron chi connectivity index (χ1n) is 21.9. The lowest BCUT2D eigenvalue weighted by molar-refractivity contribution is 0.295. The molecule has 0 amide bonds. The molecular weight excluding hydrogens is 717 g/mol. The van der Waals surface area contributed by atoms with Gasteiger partial charge in [-0.2, -0.15) is 0 Å². The zero-order valence-electron chi connectivity index (χ0n) is 35.6. The van der Waals surface area contributed by atoms with E-state index in [4.69, 9.17) is 18.9 Å². The molecule has 0 aliphatic heterocycles. The van der Waals surface area contributed by atoms with Gasteiger partial charge in [0.05, 0.1) is 48.7 Å². The second kappa shape index (κ2) is 28.1. The summed E-state index contributed by atoms with van der Waals surface area (Å²) in [6, 6.07) is 15.6. The second-order valence-corrected chi connectivity index (χ2v) is 14.5. The predicted octanol–water partition coefficient (Wildman–Crippen LogP) is 12.5. The van der Waals surface area contributed by atoms with Crippen LogP contribution in [-0.2, 0) is 0 Å². The minimum Gasteiger partial charge on any atom is -0.492 e. The van der Waals surface area contributed by atoms with Crippen molar-refractivity contribution in [1.82, 2.24) is 9.97 Å². The highest BCUT2D eigenvalue weighted by atomic mass is 16.5. The third-order valence-corrected chi connectivity index (χ3v) is 9.56. The van der Waals surface area contributed by atoms with E-state index in [0.717, 1.165) is 97.6 Å². The lowest BCUT2D eigenvalue weighted by atomic mass is 10.1. The third-order valence-electron chi connectivity index (χ3n) is 9.56. The van der Waals surface area contributed by atoms with Gasteiger partial charge in [-0.3, -0.25) is 9.97 Å². The lowest BCUT2D eigenvalue weighted by Crippen LogP contribution is -2.04. The summed E-state index contributed by atoms with van der Waals surface area (Å²) in [7, 11) is 0. The first-order valence-corrected chi connectivity index (χ1v) is 21.9. The molecule has 0 aliphatic carbocycles. The Hall–Kier alpha value is -5.38. The molecule has 2 aromatic heterocycles. The molecular formula is C52H64N2O4. The van der Waals surface area contributed by atoms with E-state index in [1.54, 1.807) is 24.8 Å². The number of hydrogen-bond acceptors (Lipinski definition) is 6. The normalized spacial score (nSPS) is 10.3. The van der Waals surface area contributed by atoms with E-state index in [1.807, 2.05) is 48.5 Å². The molecule has 6 nitrogen and oxygen atoms in total. The SMILES string of the molecule is CCCCCCOc1cc(C#Cc2cc(OCCCCCC)c(C#Cc3ccncc3)cc2OCCCCCC)c(OCCCCCC)cc1C#Cc1ccncc1. The Morgan fingerprint density at radius 2 is 0.603 bits per heavy atom. The maximum Gasteiger partial charge on any atom is 0.136 e. The summed E-state index contributed by atoms with van der Waals surface area (Å²) in [5.74, 6) is 23.1. The van der Waals surface area contributed by atoms with Gasteiger partial charge in [0, 0.05) is 60.2 Å². The van der Waals surface area contributed by atoms with Crippen molar-refractivity contribution in [3.05, 3.63) is 107 Å². The maximum absolute atomic E-state index is 6.50. The first-order chi connectivity index (χ1) is 28.6. The number of ether oxygens (including phenoxy) is 4. The summed E-state index contributed by atoms with van der Waals surface area (Å²) in [6.45, 7) is 11.3. The predicted molar refractivity (Wildman–Crippen MR) is 238 cm³/mol.